The number of nitrogens with two attached hydrogens (primary N) is 1. The van der Waals surface area contributed by atoms with Gasteiger partial charge in [-0.1, -0.05) is 22.7 Å². The van der Waals surface area contributed by atoms with Crippen LogP contribution in [0.15, 0.2) is 15.7 Å². The molecule has 0 saturated heterocycles. The predicted octanol–water partition coefficient (Wildman–Crippen LogP) is 3.17. The van der Waals surface area contributed by atoms with E-state index in [1.807, 2.05) is 0 Å². The van der Waals surface area contributed by atoms with Gasteiger partial charge in [-0.25, -0.2) is 4.79 Å². The molecular weight excluding hydrogens is 396 g/mol. The van der Waals surface area contributed by atoms with Crippen LogP contribution in [0.3, 0.4) is 0 Å². The molecule has 2 aliphatic carbocycles. The Morgan fingerprint density at radius 3 is 2.96 bits per heavy atom. The molecule has 3 atom stereocenters. The minimum atomic E-state index is -1.84. The maximum atomic E-state index is 12.8. The van der Waals surface area contributed by atoms with Crippen molar-refractivity contribution in [2.45, 2.75) is 62.2 Å². The van der Waals surface area contributed by atoms with Crippen LogP contribution >= 0.6 is 11.3 Å². The maximum absolute atomic E-state index is 12.8. The van der Waals surface area contributed by atoms with Crippen LogP contribution in [-0.2, 0) is 30.6 Å². The van der Waals surface area contributed by atoms with E-state index in [4.69, 9.17) is 10.8 Å². The van der Waals surface area contributed by atoms with Gasteiger partial charge in [0.05, 0.1) is 11.8 Å². The van der Waals surface area contributed by atoms with Crippen LogP contribution in [-0.4, -0.2) is 25.1 Å². The number of nitrogens with zero attached hydrogens (tertiary/aromatic N) is 2. The van der Waals surface area contributed by atoms with Gasteiger partial charge in [-0.2, -0.15) is 5.84 Å². The van der Waals surface area contributed by atoms with Gasteiger partial charge in [-0.15, -0.1) is 0 Å². The molecule has 0 aliphatic heterocycles. The van der Waals surface area contributed by atoms with Gasteiger partial charge in [0.1, 0.15) is 11.4 Å². The second kappa shape index (κ2) is 7.64. The van der Waals surface area contributed by atoms with E-state index in [9.17, 15) is 14.5 Å². The van der Waals surface area contributed by atoms with Crippen LogP contribution in [0, 0.1) is 0 Å². The number of hydrazine groups is 1. The monoisotopic (exact) mass is 420 g/mol. The Morgan fingerprint density at radius 1 is 1.46 bits per heavy atom. The minimum Gasteiger partial charge on any atom is -0.586 e. The molecule has 0 radical (unpaired) electrons. The molecule has 2 aliphatic rings. The van der Waals surface area contributed by atoms with Gasteiger partial charge in [0.15, 0.2) is 0 Å². The third kappa shape index (κ3) is 3.42. The SMILES string of the molecule is CC(O)c1csc([S@@+]([O-])N(N)C(=O)Nc2c3c(nc4c2CC[C@H]4C)CCC3)c1. The Morgan fingerprint density at radius 2 is 2.25 bits per heavy atom. The number of amides is 2. The second-order valence-electron chi connectivity index (χ2n) is 7.45. The summed E-state index contributed by atoms with van der Waals surface area (Å²) < 4.78 is 13.8. The van der Waals surface area contributed by atoms with E-state index in [-0.39, 0.29) is 0 Å². The second-order valence-corrected chi connectivity index (χ2v) is 9.95. The number of pyridine rings is 1. The van der Waals surface area contributed by atoms with Crippen LogP contribution in [0.2, 0.25) is 0 Å². The number of carbonyl (C=O) groups excluding carboxylic acids is 1. The Labute approximate surface area is 171 Å². The number of hydrogen-bond donors (Lipinski definition) is 3. The topological polar surface area (TPSA) is 115 Å². The first-order valence-electron chi connectivity index (χ1n) is 9.45. The number of aliphatic hydroxyl groups excluding tert-OH is 1. The fourth-order valence-corrected chi connectivity index (χ4v) is 5.99. The lowest BCUT2D eigenvalue weighted by Crippen LogP contribution is -2.45. The van der Waals surface area contributed by atoms with Gasteiger partial charge in [0, 0.05) is 22.8 Å². The van der Waals surface area contributed by atoms with Crippen molar-refractivity contribution in [1.29, 1.82) is 0 Å². The smallest absolute Gasteiger partial charge is 0.379 e. The molecule has 0 saturated carbocycles. The number of aliphatic hydroxyl groups is 1. The number of anilines is 1. The van der Waals surface area contributed by atoms with Gasteiger partial charge in [-0.05, 0) is 61.6 Å². The number of nitrogens with one attached hydrogen (secondary N) is 1. The lowest BCUT2D eigenvalue weighted by Gasteiger charge is -2.21. The van der Waals surface area contributed by atoms with Crippen molar-refractivity contribution in [1.82, 2.24) is 9.40 Å². The molecule has 0 fully saturated rings. The summed E-state index contributed by atoms with van der Waals surface area (Å²) in [5, 5.41) is 14.3. The standard InChI is InChI=1S/C19H24N4O3S2/c1-10-6-7-14-17(10)21-15-5-3-4-13(15)18(14)22-19(25)23(20)28(26)16-8-12(9-27-16)11(2)24/h8-11,24H,3-7,20H2,1-2H3,(H,21,22,25)/t10-,11?,28-/m1/s1. The summed E-state index contributed by atoms with van der Waals surface area (Å²) in [6.45, 7) is 3.79. The Balaban J connectivity index is 1.57. The number of thiophene rings is 1. The van der Waals surface area contributed by atoms with Crippen LogP contribution in [0.25, 0.3) is 0 Å². The number of hydrogen-bond acceptors (Lipinski definition) is 6. The molecule has 7 nitrogen and oxygen atoms in total. The summed E-state index contributed by atoms with van der Waals surface area (Å²) in [6, 6.07) is 1.01. The molecular formula is C19H24N4O3S2. The van der Waals surface area contributed by atoms with Crippen molar-refractivity contribution in [3.63, 3.8) is 0 Å². The molecule has 2 heterocycles. The summed E-state index contributed by atoms with van der Waals surface area (Å²) in [4.78, 5) is 17.6. The van der Waals surface area contributed by atoms with Crippen molar-refractivity contribution < 1.29 is 14.5 Å². The molecule has 0 bridgehead atoms. The van der Waals surface area contributed by atoms with Crippen LogP contribution in [0.4, 0.5) is 10.5 Å². The summed E-state index contributed by atoms with van der Waals surface area (Å²) in [7, 11) is 0. The highest BCUT2D eigenvalue weighted by Crippen LogP contribution is 2.41. The average Bonchev–Trinajstić information content (AvgIpc) is 3.40. The van der Waals surface area contributed by atoms with Gasteiger partial charge in [0.25, 0.3) is 0 Å². The van der Waals surface area contributed by atoms with E-state index in [1.54, 1.807) is 18.4 Å². The average molecular weight is 421 g/mol. The molecule has 2 aromatic rings. The van der Waals surface area contributed by atoms with Crippen molar-refractivity contribution in [2.75, 3.05) is 5.32 Å². The molecule has 28 heavy (non-hydrogen) atoms. The predicted molar refractivity (Wildman–Crippen MR) is 109 cm³/mol. The molecule has 150 valence electrons. The van der Waals surface area contributed by atoms with E-state index in [0.717, 1.165) is 64.7 Å². The van der Waals surface area contributed by atoms with E-state index < -0.39 is 23.5 Å². The fraction of sp³-hybridized carbons (Fsp3) is 0.474. The van der Waals surface area contributed by atoms with Crippen LogP contribution in [0.5, 0.6) is 0 Å². The zero-order valence-electron chi connectivity index (χ0n) is 15.9. The Bertz CT molecular complexity index is 915. The molecule has 2 aromatic heterocycles. The van der Waals surface area contributed by atoms with Crippen molar-refractivity contribution in [3.05, 3.63) is 39.5 Å². The molecule has 4 N–H and O–H groups in total. The first kappa shape index (κ1) is 19.7. The molecule has 0 aromatic carbocycles. The normalized spacial score (nSPS) is 19.8. The molecule has 0 spiro atoms. The van der Waals surface area contributed by atoms with E-state index >= 15 is 0 Å². The van der Waals surface area contributed by atoms with Gasteiger partial charge < -0.3 is 15.0 Å². The summed E-state index contributed by atoms with van der Waals surface area (Å²) in [5.41, 5.74) is 5.78. The first-order valence-corrected chi connectivity index (χ1v) is 11.4. The van der Waals surface area contributed by atoms with Crippen molar-refractivity contribution in [3.8, 4) is 0 Å². The number of carbonyl (C=O) groups is 1. The summed E-state index contributed by atoms with van der Waals surface area (Å²) in [6.07, 6.45) is 4.07. The zero-order valence-corrected chi connectivity index (χ0v) is 17.5. The lowest BCUT2D eigenvalue weighted by molar-refractivity contribution is 0.199. The first-order chi connectivity index (χ1) is 13.4. The van der Waals surface area contributed by atoms with E-state index in [1.165, 1.54) is 11.3 Å². The minimum absolute atomic E-state index is 0.379. The maximum Gasteiger partial charge on any atom is 0.379 e. The van der Waals surface area contributed by atoms with Gasteiger partial charge >= 0.3 is 6.03 Å². The van der Waals surface area contributed by atoms with E-state index in [2.05, 4.69) is 12.2 Å². The highest BCUT2D eigenvalue weighted by atomic mass is 32.2. The molecule has 4 rings (SSSR count). The number of urea groups is 1. The van der Waals surface area contributed by atoms with E-state index in [0.29, 0.717) is 15.7 Å². The number of aromatic nitrogens is 1. The van der Waals surface area contributed by atoms with Crippen molar-refractivity contribution >= 4 is 34.4 Å². The van der Waals surface area contributed by atoms with Gasteiger partial charge in [0.2, 0.25) is 4.21 Å². The Hall–Kier alpha value is -1.65. The molecule has 1 unspecified atom stereocenters. The zero-order chi connectivity index (χ0) is 20.0. The highest BCUT2D eigenvalue weighted by Gasteiger charge is 2.33. The Kier molecular flexibility index (Phi) is 5.36. The largest absolute Gasteiger partial charge is 0.586 e. The third-order valence-corrected chi connectivity index (χ3v) is 7.95. The van der Waals surface area contributed by atoms with Crippen LogP contribution in [0.1, 0.15) is 66.8 Å². The quantitative estimate of drug-likeness (QED) is 0.304. The highest BCUT2D eigenvalue weighted by molar-refractivity contribution is 7.91. The summed E-state index contributed by atoms with van der Waals surface area (Å²) >= 11 is -0.634. The molecule has 2 amide bonds. The van der Waals surface area contributed by atoms with Crippen molar-refractivity contribution in [2.24, 2.45) is 5.84 Å². The summed E-state index contributed by atoms with van der Waals surface area (Å²) in [5.74, 6) is 6.27. The third-order valence-electron chi connectivity index (χ3n) is 5.51. The number of rotatable bonds is 4. The number of aryl methyl sites for hydroxylation is 1. The van der Waals surface area contributed by atoms with Crippen LogP contribution < -0.4 is 11.2 Å². The van der Waals surface area contributed by atoms with Gasteiger partial charge in [-0.3, -0.25) is 4.98 Å². The fourth-order valence-electron chi connectivity index (χ4n) is 3.93. The molecule has 9 heteroatoms. The lowest BCUT2D eigenvalue weighted by atomic mass is 10.0. The number of fused-ring (bicyclic) bond motifs is 2.